The van der Waals surface area contributed by atoms with Crippen LogP contribution in [0.5, 0.6) is 5.75 Å². The quantitative estimate of drug-likeness (QED) is 0.0754. The standard InChI is InChI=1S/C34H59N2O6PS/c1-5-6-7-8-9-10-11-12-13-14-15-16-17-18-22-35-34(37)39-26-33(41-29(2)3)27-40-43(38)42-32-21-19-20-31(23-32)25-36-24-30(4)44-28-36/h19-21,23-24,29,33,38H,5-18,22,25-28H2,1-4H3,(H,35,37). The van der Waals surface area contributed by atoms with Crippen molar-refractivity contribution in [1.29, 1.82) is 0 Å². The number of nitrogens with zero attached hydrogens (tertiary/aromatic N) is 1. The van der Waals surface area contributed by atoms with Crippen LogP contribution in [0.2, 0.25) is 0 Å². The average molecular weight is 655 g/mol. The van der Waals surface area contributed by atoms with E-state index in [-0.39, 0.29) is 19.3 Å². The molecular weight excluding hydrogens is 595 g/mol. The van der Waals surface area contributed by atoms with Gasteiger partial charge in [0, 0.05) is 19.3 Å². The van der Waals surface area contributed by atoms with Gasteiger partial charge in [0.2, 0.25) is 0 Å². The molecule has 0 radical (unpaired) electrons. The number of allylic oxidation sites excluding steroid dienone is 1. The van der Waals surface area contributed by atoms with Gasteiger partial charge >= 0.3 is 14.7 Å². The Morgan fingerprint density at radius 1 is 0.977 bits per heavy atom. The Labute approximate surface area is 273 Å². The summed E-state index contributed by atoms with van der Waals surface area (Å²) < 4.78 is 22.4. The van der Waals surface area contributed by atoms with Gasteiger partial charge in [0.15, 0.2) is 0 Å². The molecule has 252 valence electrons. The Morgan fingerprint density at radius 2 is 1.61 bits per heavy atom. The summed E-state index contributed by atoms with van der Waals surface area (Å²) in [5.41, 5.74) is 1.09. The van der Waals surface area contributed by atoms with Crippen LogP contribution < -0.4 is 9.84 Å². The fraction of sp³-hybridized carbons (Fsp3) is 0.735. The predicted octanol–water partition coefficient (Wildman–Crippen LogP) is 9.67. The van der Waals surface area contributed by atoms with Crippen LogP contribution in [-0.2, 0) is 20.5 Å². The molecule has 10 heteroatoms. The molecule has 44 heavy (non-hydrogen) atoms. The van der Waals surface area contributed by atoms with E-state index in [1.54, 1.807) is 6.07 Å². The monoisotopic (exact) mass is 654 g/mol. The molecule has 0 saturated carbocycles. The van der Waals surface area contributed by atoms with Crippen molar-refractivity contribution in [2.45, 2.75) is 136 Å². The number of hydrogen-bond acceptors (Lipinski definition) is 8. The molecule has 2 unspecified atom stereocenters. The first-order chi connectivity index (χ1) is 21.4. The molecule has 0 bridgehead atoms. The Hall–Kier alpha value is -1.51. The highest BCUT2D eigenvalue weighted by atomic mass is 32.2. The first-order valence-corrected chi connectivity index (χ1v) is 19.0. The summed E-state index contributed by atoms with van der Waals surface area (Å²) in [6, 6.07) is 7.65. The first kappa shape index (κ1) is 38.7. The minimum absolute atomic E-state index is 0.0300. The largest absolute Gasteiger partial charge is 0.447 e. The van der Waals surface area contributed by atoms with Crippen molar-refractivity contribution in [2.24, 2.45) is 0 Å². The lowest BCUT2D eigenvalue weighted by atomic mass is 10.0. The summed E-state index contributed by atoms with van der Waals surface area (Å²) in [6.45, 7) is 9.63. The summed E-state index contributed by atoms with van der Waals surface area (Å²) >= 11 is 1.82. The van der Waals surface area contributed by atoms with E-state index in [2.05, 4.69) is 30.3 Å². The molecule has 0 fully saturated rings. The van der Waals surface area contributed by atoms with E-state index < -0.39 is 20.8 Å². The number of carbonyl (C=O) groups excluding carboxylic acids is 1. The normalized spacial score (nSPS) is 14.5. The minimum atomic E-state index is -2.17. The van der Waals surface area contributed by atoms with Crippen molar-refractivity contribution in [3.63, 3.8) is 0 Å². The zero-order valence-corrected chi connectivity index (χ0v) is 29.5. The second-order valence-electron chi connectivity index (χ2n) is 12.0. The third-order valence-electron chi connectivity index (χ3n) is 7.33. The van der Waals surface area contributed by atoms with Gasteiger partial charge in [-0.3, -0.25) is 4.52 Å². The minimum Gasteiger partial charge on any atom is -0.447 e. The van der Waals surface area contributed by atoms with E-state index in [9.17, 15) is 9.69 Å². The molecule has 2 atom stereocenters. The number of thioether (sulfide) groups is 1. The maximum absolute atomic E-state index is 12.2. The average Bonchev–Trinajstić information content (AvgIpc) is 3.40. The number of carbonyl (C=O) groups is 1. The molecule has 0 aromatic heterocycles. The Balaban J connectivity index is 1.53. The second kappa shape index (κ2) is 24.7. The summed E-state index contributed by atoms with van der Waals surface area (Å²) in [6.07, 6.45) is 19.3. The molecule has 1 aliphatic heterocycles. The molecule has 2 N–H and O–H groups in total. The number of ether oxygens (including phenoxy) is 2. The third kappa shape index (κ3) is 19.8. The number of alkyl carbamates (subject to hydrolysis) is 1. The van der Waals surface area contributed by atoms with E-state index in [1.165, 1.54) is 82.0 Å². The molecule has 0 aliphatic carbocycles. The maximum Gasteiger partial charge on any atom is 0.407 e. The molecule has 1 aromatic carbocycles. The van der Waals surface area contributed by atoms with Gasteiger partial charge in [0.05, 0.1) is 18.6 Å². The lowest BCUT2D eigenvalue weighted by Gasteiger charge is -2.21. The second-order valence-corrected chi connectivity index (χ2v) is 14.1. The van der Waals surface area contributed by atoms with Crippen molar-refractivity contribution in [3.05, 3.63) is 40.9 Å². The van der Waals surface area contributed by atoms with Crippen molar-refractivity contribution in [1.82, 2.24) is 10.2 Å². The molecule has 8 nitrogen and oxygen atoms in total. The van der Waals surface area contributed by atoms with Gasteiger partial charge in [-0.25, -0.2) is 4.79 Å². The van der Waals surface area contributed by atoms with Gasteiger partial charge < -0.3 is 29.1 Å². The fourth-order valence-corrected chi connectivity index (χ4v) is 6.45. The number of nitrogens with one attached hydrogen (secondary N) is 1. The van der Waals surface area contributed by atoms with Gasteiger partial charge in [-0.1, -0.05) is 103 Å². The zero-order chi connectivity index (χ0) is 31.8. The molecule has 1 aromatic rings. The highest BCUT2D eigenvalue weighted by Crippen LogP contribution is 2.36. The van der Waals surface area contributed by atoms with Gasteiger partial charge in [-0.05, 0) is 49.8 Å². The zero-order valence-electron chi connectivity index (χ0n) is 27.8. The lowest BCUT2D eigenvalue weighted by Crippen LogP contribution is -2.33. The molecule has 2 rings (SSSR count). The van der Waals surface area contributed by atoms with Crippen LogP contribution in [0.25, 0.3) is 0 Å². The van der Waals surface area contributed by atoms with Crippen LogP contribution >= 0.6 is 20.4 Å². The van der Waals surface area contributed by atoms with E-state index in [1.807, 2.05) is 43.8 Å². The first-order valence-electron chi connectivity index (χ1n) is 16.9. The van der Waals surface area contributed by atoms with E-state index in [0.717, 1.165) is 30.8 Å². The summed E-state index contributed by atoms with van der Waals surface area (Å²) in [5.74, 6) is 1.48. The van der Waals surface area contributed by atoms with Crippen molar-refractivity contribution >= 4 is 26.5 Å². The van der Waals surface area contributed by atoms with Crippen molar-refractivity contribution in [2.75, 3.05) is 25.6 Å². The number of amides is 1. The number of unbranched alkanes of at least 4 members (excludes halogenated alkanes) is 13. The fourth-order valence-electron chi connectivity index (χ4n) is 5.05. The summed E-state index contributed by atoms with van der Waals surface area (Å²) in [4.78, 5) is 26.1. The number of benzene rings is 1. The van der Waals surface area contributed by atoms with Gasteiger partial charge in [0.1, 0.15) is 18.5 Å². The SMILES string of the molecule is CCCCCCCCCCCCCCCCNC(=O)OCC(COP(O)Oc1cccc(CN2C=C(C)SC2)c1)OC(C)C. The highest BCUT2D eigenvalue weighted by Gasteiger charge is 2.19. The Bertz CT molecular complexity index is 922. The van der Waals surface area contributed by atoms with Crippen molar-refractivity contribution < 1.29 is 28.2 Å². The Morgan fingerprint density at radius 3 is 2.20 bits per heavy atom. The van der Waals surface area contributed by atoms with E-state index in [4.69, 9.17) is 18.5 Å². The molecule has 0 saturated heterocycles. The predicted molar refractivity (Wildman–Crippen MR) is 184 cm³/mol. The van der Waals surface area contributed by atoms with Crippen LogP contribution in [0.15, 0.2) is 35.4 Å². The highest BCUT2D eigenvalue weighted by molar-refractivity contribution is 8.03. The van der Waals surface area contributed by atoms with Crippen LogP contribution in [0.1, 0.15) is 123 Å². The van der Waals surface area contributed by atoms with Gasteiger partial charge in [0.25, 0.3) is 0 Å². The smallest absolute Gasteiger partial charge is 0.407 e. The Kier molecular flexibility index (Phi) is 21.7. The molecular formula is C34H59N2O6PS. The topological polar surface area (TPSA) is 89.5 Å². The molecule has 1 heterocycles. The number of rotatable bonds is 26. The maximum atomic E-state index is 12.2. The van der Waals surface area contributed by atoms with Crippen LogP contribution in [0.3, 0.4) is 0 Å². The third-order valence-corrected chi connectivity index (χ3v) is 9.08. The molecule has 1 amide bonds. The van der Waals surface area contributed by atoms with E-state index in [0.29, 0.717) is 12.3 Å². The van der Waals surface area contributed by atoms with Crippen LogP contribution in [0, 0.1) is 0 Å². The summed E-state index contributed by atoms with van der Waals surface area (Å²) in [5, 5.41) is 2.83. The lowest BCUT2D eigenvalue weighted by molar-refractivity contribution is -0.0488. The number of hydrogen-bond donors (Lipinski definition) is 2. The van der Waals surface area contributed by atoms with Crippen LogP contribution in [0.4, 0.5) is 4.79 Å². The summed E-state index contributed by atoms with van der Waals surface area (Å²) in [7, 11) is -2.17. The van der Waals surface area contributed by atoms with E-state index >= 15 is 0 Å². The molecule has 1 aliphatic rings. The van der Waals surface area contributed by atoms with Crippen molar-refractivity contribution in [3.8, 4) is 5.75 Å². The van der Waals surface area contributed by atoms with Crippen LogP contribution in [-0.4, -0.2) is 53.7 Å². The molecule has 0 spiro atoms. The van der Waals surface area contributed by atoms with Gasteiger partial charge in [-0.2, -0.15) is 0 Å². The van der Waals surface area contributed by atoms with Gasteiger partial charge in [-0.15, -0.1) is 11.8 Å².